The number of carboxylic acid groups (broad SMARTS) is 1. The number of benzene rings is 2. The van der Waals surface area contributed by atoms with Gasteiger partial charge in [-0.3, -0.25) is 9.69 Å². The molecule has 0 bridgehead atoms. The molecule has 2 aromatic carbocycles. The highest BCUT2D eigenvalue weighted by atomic mass is 127. The summed E-state index contributed by atoms with van der Waals surface area (Å²) in [5, 5.41) is 13.1. The van der Waals surface area contributed by atoms with Crippen molar-refractivity contribution in [3.8, 4) is 11.5 Å². The van der Waals surface area contributed by atoms with Gasteiger partial charge >= 0.3 is 5.97 Å². The van der Waals surface area contributed by atoms with Crippen LogP contribution in [0, 0.1) is 3.57 Å². The maximum absolute atomic E-state index is 12.1. The first kappa shape index (κ1) is 24.9. The lowest BCUT2D eigenvalue weighted by atomic mass is 10.1. The van der Waals surface area contributed by atoms with Crippen molar-refractivity contribution in [1.29, 1.82) is 0 Å². The van der Waals surface area contributed by atoms with Gasteiger partial charge in [0.2, 0.25) is 0 Å². The maximum atomic E-state index is 12.1. The number of hydrogen-bond donors (Lipinski definition) is 2. The van der Waals surface area contributed by atoms with E-state index in [4.69, 9.17) is 19.3 Å². The quantitative estimate of drug-likeness (QED) is 0.258. The largest absolute Gasteiger partial charge is 0.490 e. The van der Waals surface area contributed by atoms with Gasteiger partial charge in [0.15, 0.2) is 11.5 Å². The Hall–Kier alpha value is -2.70. The highest BCUT2D eigenvalue weighted by Gasteiger charge is 2.14. The molecule has 1 fully saturated rings. The molecule has 176 valence electrons. The van der Waals surface area contributed by atoms with Crippen LogP contribution in [-0.4, -0.2) is 67.6 Å². The van der Waals surface area contributed by atoms with Crippen LogP contribution >= 0.6 is 22.6 Å². The van der Waals surface area contributed by atoms with Gasteiger partial charge in [-0.05, 0) is 64.9 Å². The van der Waals surface area contributed by atoms with E-state index in [0.717, 1.165) is 27.8 Å². The lowest BCUT2D eigenvalue weighted by Crippen LogP contribution is -2.42. The third-order valence-electron chi connectivity index (χ3n) is 4.79. The van der Waals surface area contributed by atoms with Crippen molar-refractivity contribution >= 4 is 40.7 Å². The number of carboxylic acids is 1. The van der Waals surface area contributed by atoms with E-state index in [1.54, 1.807) is 36.5 Å². The number of carbonyl (C=O) groups excluding carboxylic acids is 1. The fourth-order valence-corrected chi connectivity index (χ4v) is 3.92. The molecule has 33 heavy (non-hydrogen) atoms. The summed E-state index contributed by atoms with van der Waals surface area (Å²) < 4.78 is 17.8. The number of ether oxygens (including phenoxy) is 3. The Morgan fingerprint density at radius 2 is 1.94 bits per heavy atom. The molecule has 10 heteroatoms. The van der Waals surface area contributed by atoms with E-state index in [1.807, 2.05) is 17.9 Å². The Morgan fingerprint density at radius 3 is 2.61 bits per heavy atom. The molecule has 0 radical (unpaired) electrons. The number of amides is 1. The monoisotopic (exact) mass is 567 g/mol. The number of aromatic carboxylic acids is 1. The fourth-order valence-electron chi connectivity index (χ4n) is 3.14. The minimum absolute atomic E-state index is 0.179. The fraction of sp³-hybridized carbons (Fsp3) is 0.348. The third-order valence-corrected chi connectivity index (χ3v) is 5.59. The summed E-state index contributed by atoms with van der Waals surface area (Å²) in [7, 11) is 0. The molecule has 0 saturated carbocycles. The zero-order valence-electron chi connectivity index (χ0n) is 18.3. The smallest absolute Gasteiger partial charge is 0.335 e. The van der Waals surface area contributed by atoms with Crippen molar-refractivity contribution < 1.29 is 28.9 Å². The van der Waals surface area contributed by atoms with Gasteiger partial charge in [0.25, 0.3) is 5.91 Å². The first-order chi connectivity index (χ1) is 16.0. The van der Waals surface area contributed by atoms with Crippen LogP contribution < -0.4 is 14.9 Å². The second-order valence-electron chi connectivity index (χ2n) is 7.24. The molecular formula is C23H26IN3O6. The number of halogens is 1. The summed E-state index contributed by atoms with van der Waals surface area (Å²) >= 11 is 2.16. The van der Waals surface area contributed by atoms with Crippen LogP contribution in [0.3, 0.4) is 0 Å². The number of rotatable bonds is 10. The first-order valence-corrected chi connectivity index (χ1v) is 11.6. The van der Waals surface area contributed by atoms with E-state index in [2.05, 4.69) is 33.1 Å². The molecule has 2 aromatic rings. The molecule has 1 heterocycles. The summed E-state index contributed by atoms with van der Waals surface area (Å²) in [6.07, 6.45) is 1.57. The third kappa shape index (κ3) is 7.69. The molecule has 1 saturated heterocycles. The number of nitrogens with one attached hydrogen (secondary N) is 1. The lowest BCUT2D eigenvalue weighted by molar-refractivity contribution is -0.123. The van der Waals surface area contributed by atoms with Crippen LogP contribution in [0.4, 0.5) is 0 Å². The molecule has 1 amide bonds. The molecular weight excluding hydrogens is 541 g/mol. The van der Waals surface area contributed by atoms with Crippen LogP contribution in [0.25, 0.3) is 0 Å². The average Bonchev–Trinajstić information content (AvgIpc) is 2.79. The second kappa shape index (κ2) is 12.5. The zero-order valence-corrected chi connectivity index (χ0v) is 20.4. The number of nitrogens with zero attached hydrogens (tertiary/aromatic N) is 2. The normalized spacial score (nSPS) is 14.2. The van der Waals surface area contributed by atoms with E-state index in [1.165, 1.54) is 0 Å². The van der Waals surface area contributed by atoms with Crippen LogP contribution in [-0.2, 0) is 16.1 Å². The van der Waals surface area contributed by atoms with Crippen LogP contribution in [0.2, 0.25) is 0 Å². The first-order valence-electron chi connectivity index (χ1n) is 10.5. The molecule has 1 aliphatic rings. The van der Waals surface area contributed by atoms with Gasteiger partial charge in [0.1, 0.15) is 6.61 Å². The van der Waals surface area contributed by atoms with Gasteiger partial charge in [-0.25, -0.2) is 10.2 Å². The van der Waals surface area contributed by atoms with Crippen molar-refractivity contribution in [3.63, 3.8) is 0 Å². The van der Waals surface area contributed by atoms with Gasteiger partial charge in [-0.15, -0.1) is 0 Å². The topological polar surface area (TPSA) is 110 Å². The molecule has 0 aliphatic carbocycles. The van der Waals surface area contributed by atoms with Gasteiger partial charge in [-0.1, -0.05) is 12.1 Å². The Balaban J connectivity index is 1.62. The molecule has 2 N–H and O–H groups in total. The molecule has 0 spiro atoms. The molecule has 3 rings (SSSR count). The minimum atomic E-state index is -0.967. The van der Waals surface area contributed by atoms with Gasteiger partial charge in [-0.2, -0.15) is 5.10 Å². The van der Waals surface area contributed by atoms with Crippen LogP contribution in [0.15, 0.2) is 41.5 Å². The highest BCUT2D eigenvalue weighted by molar-refractivity contribution is 14.1. The number of hydrazone groups is 1. The summed E-state index contributed by atoms with van der Waals surface area (Å²) in [4.78, 5) is 25.1. The Labute approximate surface area is 205 Å². The van der Waals surface area contributed by atoms with Gasteiger partial charge in [0.05, 0.1) is 41.7 Å². The van der Waals surface area contributed by atoms with E-state index in [0.29, 0.717) is 31.3 Å². The molecule has 0 atom stereocenters. The Bertz CT molecular complexity index is 990. The molecule has 0 aromatic heterocycles. The number of carbonyl (C=O) groups is 2. The van der Waals surface area contributed by atoms with Crippen molar-refractivity contribution in [2.24, 2.45) is 5.10 Å². The number of hydrogen-bond acceptors (Lipinski definition) is 7. The van der Waals surface area contributed by atoms with E-state index < -0.39 is 5.97 Å². The van der Waals surface area contributed by atoms with E-state index >= 15 is 0 Å². The molecule has 0 unspecified atom stereocenters. The maximum Gasteiger partial charge on any atom is 0.335 e. The van der Waals surface area contributed by atoms with Crippen LogP contribution in [0.5, 0.6) is 11.5 Å². The highest BCUT2D eigenvalue weighted by Crippen LogP contribution is 2.34. The van der Waals surface area contributed by atoms with E-state index in [9.17, 15) is 9.59 Å². The van der Waals surface area contributed by atoms with Crippen molar-refractivity contribution in [2.45, 2.75) is 13.5 Å². The predicted molar refractivity (Wildman–Crippen MR) is 131 cm³/mol. The van der Waals surface area contributed by atoms with Crippen LogP contribution in [0.1, 0.15) is 28.4 Å². The van der Waals surface area contributed by atoms with Gasteiger partial charge in [0, 0.05) is 13.1 Å². The summed E-state index contributed by atoms with van der Waals surface area (Å²) in [6.45, 7) is 5.62. The number of morpholine rings is 1. The lowest BCUT2D eigenvalue weighted by Gasteiger charge is -2.25. The SMILES string of the molecule is CCOc1cc(/C=N/NC(=O)CN2CCOCC2)cc(I)c1OCc1ccc(C(=O)O)cc1. The van der Waals surface area contributed by atoms with E-state index in [-0.39, 0.29) is 24.6 Å². The predicted octanol–water partition coefficient (Wildman–Crippen LogP) is 2.75. The Kier molecular flexibility index (Phi) is 9.46. The molecule has 1 aliphatic heterocycles. The minimum Gasteiger partial charge on any atom is -0.490 e. The molecule has 9 nitrogen and oxygen atoms in total. The van der Waals surface area contributed by atoms with Crippen molar-refractivity contribution in [1.82, 2.24) is 10.3 Å². The zero-order chi connectivity index (χ0) is 23.6. The standard InChI is InChI=1S/C23H26IN3O6/c1-2-32-20-12-17(13-25-26-21(28)14-27-7-9-31-10-8-27)11-19(24)22(20)33-15-16-3-5-18(6-4-16)23(29)30/h3-6,11-13H,2,7-10,14-15H2,1H3,(H,26,28)(H,29,30)/b25-13+. The average molecular weight is 567 g/mol. The van der Waals surface area contributed by atoms with Crippen molar-refractivity contribution in [3.05, 3.63) is 56.7 Å². The van der Waals surface area contributed by atoms with Crippen molar-refractivity contribution in [2.75, 3.05) is 39.5 Å². The Morgan fingerprint density at radius 1 is 1.21 bits per heavy atom. The summed E-state index contributed by atoms with van der Waals surface area (Å²) in [5.41, 5.74) is 4.38. The summed E-state index contributed by atoms with van der Waals surface area (Å²) in [5.74, 6) is 0.00727. The summed E-state index contributed by atoms with van der Waals surface area (Å²) in [6, 6.07) is 10.2. The van der Waals surface area contributed by atoms with Gasteiger partial charge < -0.3 is 19.3 Å². The second-order valence-corrected chi connectivity index (χ2v) is 8.40.